The minimum atomic E-state index is -0.564. The van der Waals surface area contributed by atoms with E-state index in [2.05, 4.69) is 10.3 Å². The summed E-state index contributed by atoms with van der Waals surface area (Å²) < 4.78 is 21.7. The lowest BCUT2D eigenvalue weighted by atomic mass is 10.1. The third-order valence-corrected chi connectivity index (χ3v) is 5.05. The number of rotatable bonds is 7. The molecule has 1 heterocycles. The number of methoxy groups -OCH3 is 3. The van der Waals surface area contributed by atoms with Crippen molar-refractivity contribution in [2.75, 3.05) is 21.3 Å². The normalized spacial score (nSPS) is 11.2. The highest BCUT2D eigenvalue weighted by Gasteiger charge is 2.17. The summed E-state index contributed by atoms with van der Waals surface area (Å²) in [6.45, 7) is 0. The second kappa shape index (κ2) is 9.91. The van der Waals surface area contributed by atoms with Crippen LogP contribution in [0, 0.1) is 0 Å². The Morgan fingerprint density at radius 3 is 2.21 bits per heavy atom. The SMILES string of the molecule is COc1cc(/C=C(\NC(=O)c2ccccc2)c2nc3ccccc3c(=O)o2)cc(OC)c1OC. The molecule has 8 heteroatoms. The van der Waals surface area contributed by atoms with Gasteiger partial charge in [-0.1, -0.05) is 30.3 Å². The molecule has 4 aromatic rings. The van der Waals surface area contributed by atoms with E-state index in [4.69, 9.17) is 18.6 Å². The lowest BCUT2D eigenvalue weighted by molar-refractivity contribution is 0.0973. The molecule has 0 aliphatic heterocycles. The molecule has 172 valence electrons. The van der Waals surface area contributed by atoms with Gasteiger partial charge in [0.15, 0.2) is 11.5 Å². The smallest absolute Gasteiger partial charge is 0.347 e. The summed E-state index contributed by atoms with van der Waals surface area (Å²) >= 11 is 0. The Bertz CT molecular complexity index is 1400. The number of carbonyl (C=O) groups excluding carboxylic acids is 1. The summed E-state index contributed by atoms with van der Waals surface area (Å²) in [6, 6.07) is 18.9. The highest BCUT2D eigenvalue weighted by molar-refractivity contribution is 6.01. The van der Waals surface area contributed by atoms with Crippen LogP contribution >= 0.6 is 0 Å². The van der Waals surface area contributed by atoms with Crippen LogP contribution in [-0.4, -0.2) is 32.2 Å². The molecular formula is C26H22N2O6. The van der Waals surface area contributed by atoms with Crippen LogP contribution < -0.4 is 25.2 Å². The Hall–Kier alpha value is -4.59. The zero-order valence-corrected chi connectivity index (χ0v) is 18.8. The number of aromatic nitrogens is 1. The van der Waals surface area contributed by atoms with Crippen LogP contribution in [0.4, 0.5) is 0 Å². The Morgan fingerprint density at radius 2 is 1.56 bits per heavy atom. The number of benzene rings is 3. The van der Waals surface area contributed by atoms with E-state index in [1.165, 1.54) is 21.3 Å². The standard InChI is InChI=1S/C26H22N2O6/c1-31-21-14-16(15-22(32-2)23(21)33-3)13-20(27-24(29)17-9-5-4-6-10-17)25-28-19-12-8-7-11-18(19)26(30)34-25/h4-15H,1-3H3,(H,27,29)/b20-13-. The van der Waals surface area contributed by atoms with Gasteiger partial charge in [0.2, 0.25) is 11.6 Å². The van der Waals surface area contributed by atoms with Crippen LogP contribution in [0.5, 0.6) is 17.2 Å². The molecule has 0 aliphatic rings. The molecule has 0 bridgehead atoms. The Kier molecular flexibility index (Phi) is 6.59. The van der Waals surface area contributed by atoms with Gasteiger partial charge in [-0.3, -0.25) is 4.79 Å². The second-order valence-corrected chi connectivity index (χ2v) is 7.16. The number of nitrogens with one attached hydrogen (secondary N) is 1. The van der Waals surface area contributed by atoms with Gasteiger partial charge in [-0.15, -0.1) is 0 Å². The molecule has 0 saturated heterocycles. The Labute approximate surface area is 195 Å². The molecule has 0 fully saturated rings. The maximum absolute atomic E-state index is 12.9. The van der Waals surface area contributed by atoms with Crippen molar-refractivity contribution in [3.05, 3.63) is 94.2 Å². The van der Waals surface area contributed by atoms with Crippen LogP contribution in [-0.2, 0) is 0 Å². The lowest BCUT2D eigenvalue weighted by Crippen LogP contribution is -2.23. The summed E-state index contributed by atoms with van der Waals surface area (Å²) in [5.41, 5.74) is 1.09. The van der Waals surface area contributed by atoms with E-state index >= 15 is 0 Å². The van der Waals surface area contributed by atoms with Gasteiger partial charge in [-0.2, -0.15) is 0 Å². The predicted octanol–water partition coefficient (Wildman–Crippen LogP) is 4.14. The van der Waals surface area contributed by atoms with Crippen LogP contribution in [0.3, 0.4) is 0 Å². The third kappa shape index (κ3) is 4.61. The molecule has 0 atom stereocenters. The van der Waals surface area contributed by atoms with Crippen LogP contribution in [0.2, 0.25) is 0 Å². The van der Waals surface area contributed by atoms with E-state index in [0.717, 1.165) is 0 Å². The van der Waals surface area contributed by atoms with Gasteiger partial charge in [0, 0.05) is 5.56 Å². The number of hydrogen-bond acceptors (Lipinski definition) is 7. The zero-order valence-electron chi connectivity index (χ0n) is 18.8. The summed E-state index contributed by atoms with van der Waals surface area (Å²) in [6.07, 6.45) is 1.62. The number of carbonyl (C=O) groups is 1. The first-order valence-corrected chi connectivity index (χ1v) is 10.3. The molecule has 4 rings (SSSR count). The molecule has 0 unspecified atom stereocenters. The van der Waals surface area contributed by atoms with E-state index in [0.29, 0.717) is 39.3 Å². The first-order chi connectivity index (χ1) is 16.5. The first-order valence-electron chi connectivity index (χ1n) is 10.3. The number of nitrogens with zero attached hydrogens (tertiary/aromatic N) is 1. The molecule has 0 saturated carbocycles. The van der Waals surface area contributed by atoms with Gasteiger partial charge in [0.25, 0.3) is 5.91 Å². The summed E-state index contributed by atoms with van der Waals surface area (Å²) in [4.78, 5) is 30.0. The highest BCUT2D eigenvalue weighted by atomic mass is 16.5. The molecule has 0 aliphatic carbocycles. The average molecular weight is 458 g/mol. The van der Waals surface area contributed by atoms with Crippen molar-refractivity contribution in [3.8, 4) is 17.2 Å². The molecule has 34 heavy (non-hydrogen) atoms. The molecule has 0 spiro atoms. The number of para-hydroxylation sites is 1. The fraction of sp³-hybridized carbons (Fsp3) is 0.115. The average Bonchev–Trinajstić information content (AvgIpc) is 2.88. The number of fused-ring (bicyclic) bond motifs is 1. The molecule has 1 amide bonds. The van der Waals surface area contributed by atoms with E-state index in [9.17, 15) is 9.59 Å². The topological polar surface area (TPSA) is 99.9 Å². The molecule has 1 N–H and O–H groups in total. The van der Waals surface area contributed by atoms with Crippen molar-refractivity contribution in [2.45, 2.75) is 0 Å². The van der Waals surface area contributed by atoms with Crippen molar-refractivity contribution >= 4 is 28.6 Å². The molecule has 0 radical (unpaired) electrons. The first kappa shape index (κ1) is 22.6. The number of ether oxygens (including phenoxy) is 3. The maximum atomic E-state index is 12.9. The number of amides is 1. The van der Waals surface area contributed by atoms with Crippen molar-refractivity contribution in [1.29, 1.82) is 0 Å². The van der Waals surface area contributed by atoms with Gasteiger partial charge < -0.3 is 23.9 Å². The lowest BCUT2D eigenvalue weighted by Gasteiger charge is -2.14. The third-order valence-electron chi connectivity index (χ3n) is 5.05. The quantitative estimate of drug-likeness (QED) is 0.444. The van der Waals surface area contributed by atoms with Crippen LogP contribution in [0.15, 0.2) is 75.9 Å². The molecule has 1 aromatic heterocycles. The van der Waals surface area contributed by atoms with Gasteiger partial charge >= 0.3 is 5.63 Å². The van der Waals surface area contributed by atoms with E-state index in [1.54, 1.807) is 66.7 Å². The van der Waals surface area contributed by atoms with E-state index < -0.39 is 11.5 Å². The maximum Gasteiger partial charge on any atom is 0.347 e. The Morgan fingerprint density at radius 1 is 0.912 bits per heavy atom. The van der Waals surface area contributed by atoms with Crippen molar-refractivity contribution in [2.24, 2.45) is 0 Å². The molecular weight excluding hydrogens is 436 g/mol. The number of hydrogen-bond donors (Lipinski definition) is 1. The zero-order chi connectivity index (χ0) is 24.1. The van der Waals surface area contributed by atoms with E-state index in [1.807, 2.05) is 6.07 Å². The molecule has 3 aromatic carbocycles. The fourth-order valence-electron chi connectivity index (χ4n) is 3.42. The minimum Gasteiger partial charge on any atom is -0.493 e. The Balaban J connectivity index is 1.87. The summed E-state index contributed by atoms with van der Waals surface area (Å²) in [5, 5.41) is 3.15. The summed E-state index contributed by atoms with van der Waals surface area (Å²) in [7, 11) is 4.52. The van der Waals surface area contributed by atoms with Crippen molar-refractivity contribution < 1.29 is 23.4 Å². The van der Waals surface area contributed by atoms with Gasteiger partial charge in [0.1, 0.15) is 5.70 Å². The molecule has 8 nitrogen and oxygen atoms in total. The second-order valence-electron chi connectivity index (χ2n) is 7.16. The monoisotopic (exact) mass is 458 g/mol. The predicted molar refractivity (Wildman–Crippen MR) is 128 cm³/mol. The van der Waals surface area contributed by atoms with Gasteiger partial charge in [-0.05, 0) is 48.0 Å². The highest BCUT2D eigenvalue weighted by Crippen LogP contribution is 2.39. The fourth-order valence-corrected chi connectivity index (χ4v) is 3.42. The van der Waals surface area contributed by atoms with E-state index in [-0.39, 0.29) is 11.6 Å². The van der Waals surface area contributed by atoms with Crippen molar-refractivity contribution in [1.82, 2.24) is 10.3 Å². The van der Waals surface area contributed by atoms with Gasteiger partial charge in [0.05, 0.1) is 32.2 Å². The van der Waals surface area contributed by atoms with Crippen LogP contribution in [0.1, 0.15) is 21.8 Å². The summed E-state index contributed by atoms with van der Waals surface area (Å²) in [5.74, 6) is 0.843. The van der Waals surface area contributed by atoms with Gasteiger partial charge in [-0.25, -0.2) is 9.78 Å². The van der Waals surface area contributed by atoms with Crippen molar-refractivity contribution in [3.63, 3.8) is 0 Å². The largest absolute Gasteiger partial charge is 0.493 e. The minimum absolute atomic E-state index is 0.0401. The van der Waals surface area contributed by atoms with Crippen LogP contribution in [0.25, 0.3) is 22.7 Å².